The molecule has 1 N–H and O–H groups in total. The summed E-state index contributed by atoms with van der Waals surface area (Å²) in [5.74, 6) is 0.0810. The Hall–Kier alpha value is -2.88. The number of imide groups is 1. The summed E-state index contributed by atoms with van der Waals surface area (Å²) in [6.07, 6.45) is -0.821. The lowest BCUT2D eigenvalue weighted by Crippen LogP contribution is -2.66. The van der Waals surface area contributed by atoms with Crippen LogP contribution in [0.5, 0.6) is 5.75 Å². The van der Waals surface area contributed by atoms with Crippen LogP contribution in [0.4, 0.5) is 14.9 Å². The van der Waals surface area contributed by atoms with Crippen LogP contribution >= 0.6 is 11.6 Å². The van der Waals surface area contributed by atoms with Gasteiger partial charge in [0.05, 0.1) is 19.3 Å². The molecule has 0 saturated carbocycles. The number of methoxy groups -OCH3 is 1. The van der Waals surface area contributed by atoms with Crippen LogP contribution in [0.3, 0.4) is 0 Å². The number of carbonyl (C=O) groups is 2. The van der Waals surface area contributed by atoms with E-state index in [9.17, 15) is 14.0 Å². The molecule has 0 aliphatic carbocycles. The molecule has 3 saturated heterocycles. The summed E-state index contributed by atoms with van der Waals surface area (Å²) < 4.78 is 20.1. The quantitative estimate of drug-likeness (QED) is 0.715. The number of ether oxygens (including phenoxy) is 1. The van der Waals surface area contributed by atoms with E-state index in [1.807, 2.05) is 24.3 Å². The topological polar surface area (TPSA) is 68.4 Å². The van der Waals surface area contributed by atoms with Gasteiger partial charge in [-0.3, -0.25) is 19.9 Å². The molecule has 3 aliphatic rings. The van der Waals surface area contributed by atoms with Crippen molar-refractivity contribution >= 4 is 29.2 Å². The van der Waals surface area contributed by atoms with Crippen molar-refractivity contribution in [1.29, 1.82) is 0 Å². The number of para-hydroxylation sites is 2. The molecule has 0 spiro atoms. The Labute approximate surface area is 202 Å². The van der Waals surface area contributed by atoms with Gasteiger partial charge in [0.1, 0.15) is 30.1 Å². The number of halogens is 2. The first-order valence-electron chi connectivity index (χ1n) is 11.2. The molecule has 10 heteroatoms. The van der Waals surface area contributed by atoms with Gasteiger partial charge in [0, 0.05) is 30.7 Å². The number of nitrogens with one attached hydrogen (secondary N) is 1. The second kappa shape index (κ2) is 8.72. The number of hydrogen-bond acceptors (Lipinski definition) is 6. The molecule has 4 atom stereocenters. The van der Waals surface area contributed by atoms with E-state index in [1.165, 1.54) is 17.0 Å². The maximum Gasteiger partial charge on any atom is 0.328 e. The minimum absolute atomic E-state index is 0.128. The number of carbonyl (C=O) groups excluding carboxylic acids is 2. The summed E-state index contributed by atoms with van der Waals surface area (Å²) in [5, 5.41) is 3.67. The smallest absolute Gasteiger partial charge is 0.328 e. The van der Waals surface area contributed by atoms with E-state index in [2.05, 4.69) is 22.0 Å². The van der Waals surface area contributed by atoms with Crippen LogP contribution in [-0.4, -0.2) is 72.4 Å². The van der Waals surface area contributed by atoms with Crippen molar-refractivity contribution in [2.24, 2.45) is 5.92 Å². The van der Waals surface area contributed by atoms with Gasteiger partial charge in [0.25, 0.3) is 5.91 Å². The molecule has 3 heterocycles. The Kier molecular flexibility index (Phi) is 5.87. The van der Waals surface area contributed by atoms with Crippen molar-refractivity contribution in [2.75, 3.05) is 32.1 Å². The highest BCUT2D eigenvalue weighted by atomic mass is 35.5. The molecular formula is C24H27ClFN5O3. The van der Waals surface area contributed by atoms with Crippen LogP contribution in [0.25, 0.3) is 0 Å². The lowest BCUT2D eigenvalue weighted by molar-refractivity contribution is -0.139. The van der Waals surface area contributed by atoms with Crippen LogP contribution in [0.15, 0.2) is 42.5 Å². The molecule has 3 aliphatic heterocycles. The van der Waals surface area contributed by atoms with Crippen molar-refractivity contribution < 1.29 is 18.7 Å². The number of likely N-dealkylation sites (N-methyl/N-ethyl adjacent to an activating group) is 1. The predicted octanol–water partition coefficient (Wildman–Crippen LogP) is 2.92. The van der Waals surface area contributed by atoms with Gasteiger partial charge < -0.3 is 14.5 Å². The van der Waals surface area contributed by atoms with E-state index < -0.39 is 24.1 Å². The maximum atomic E-state index is 14.5. The monoisotopic (exact) mass is 487 g/mol. The Morgan fingerprint density at radius 2 is 1.91 bits per heavy atom. The van der Waals surface area contributed by atoms with E-state index in [4.69, 9.17) is 16.3 Å². The molecule has 180 valence electrons. The van der Waals surface area contributed by atoms with E-state index in [-0.39, 0.29) is 35.2 Å². The number of rotatable bonds is 4. The molecule has 2 aromatic carbocycles. The second-order valence-electron chi connectivity index (χ2n) is 9.07. The molecule has 3 fully saturated rings. The summed E-state index contributed by atoms with van der Waals surface area (Å²) >= 11 is 6.19. The van der Waals surface area contributed by atoms with E-state index >= 15 is 0 Å². The highest BCUT2D eigenvalue weighted by Gasteiger charge is 2.57. The number of anilines is 1. The number of urea groups is 1. The first-order chi connectivity index (χ1) is 16.3. The van der Waals surface area contributed by atoms with Crippen molar-refractivity contribution in [2.45, 2.75) is 32.0 Å². The highest BCUT2D eigenvalue weighted by molar-refractivity contribution is 6.31. The maximum absolute atomic E-state index is 14.5. The van der Waals surface area contributed by atoms with Crippen molar-refractivity contribution in [1.82, 2.24) is 20.0 Å². The van der Waals surface area contributed by atoms with Crippen molar-refractivity contribution in [3.05, 3.63) is 58.9 Å². The van der Waals surface area contributed by atoms with Gasteiger partial charge in [-0.1, -0.05) is 36.7 Å². The van der Waals surface area contributed by atoms with Crippen LogP contribution in [0, 0.1) is 11.7 Å². The Morgan fingerprint density at radius 3 is 2.65 bits per heavy atom. The van der Waals surface area contributed by atoms with Crippen LogP contribution < -0.4 is 15.0 Å². The lowest BCUT2D eigenvalue weighted by Gasteiger charge is -2.46. The SMILES string of the molecule is COc1ccccc1N1CC(C)CN2C3C(=O)N(Cc4c(F)cccc4Cl)C(=O)N(C)C3NC12. The summed E-state index contributed by atoms with van der Waals surface area (Å²) in [6, 6.07) is 11.0. The number of hydrogen-bond donors (Lipinski definition) is 1. The minimum atomic E-state index is -0.613. The van der Waals surface area contributed by atoms with Gasteiger partial charge in [-0.2, -0.15) is 0 Å². The molecule has 0 radical (unpaired) electrons. The van der Waals surface area contributed by atoms with E-state index in [0.717, 1.165) is 22.9 Å². The van der Waals surface area contributed by atoms with Gasteiger partial charge >= 0.3 is 6.03 Å². The molecular weight excluding hydrogens is 461 g/mol. The van der Waals surface area contributed by atoms with Crippen LogP contribution in [-0.2, 0) is 11.3 Å². The molecule has 34 heavy (non-hydrogen) atoms. The zero-order valence-corrected chi connectivity index (χ0v) is 20.0. The summed E-state index contributed by atoms with van der Waals surface area (Å²) in [7, 11) is 3.29. The zero-order chi connectivity index (χ0) is 24.1. The standard InChI is InChI=1S/C24H27ClFN5O3/c1-14-11-29(18-9-4-5-10-19(18)34-3)23-27-21-20(30(23)12-14)22(32)31(24(33)28(21)2)13-15-16(25)7-6-8-17(15)26/h4-10,14,20-21,23,27H,11-13H2,1-3H3. The Morgan fingerprint density at radius 1 is 1.15 bits per heavy atom. The highest BCUT2D eigenvalue weighted by Crippen LogP contribution is 2.38. The van der Waals surface area contributed by atoms with Gasteiger partial charge in [-0.25, -0.2) is 9.18 Å². The molecule has 8 nitrogen and oxygen atoms in total. The Bertz CT molecular complexity index is 1110. The first kappa shape index (κ1) is 22.9. The normalized spacial score (nSPS) is 27.1. The molecule has 0 aromatic heterocycles. The van der Waals surface area contributed by atoms with Crippen LogP contribution in [0.1, 0.15) is 12.5 Å². The number of fused-ring (bicyclic) bond motifs is 3. The third kappa shape index (κ3) is 3.59. The largest absolute Gasteiger partial charge is 0.495 e. The molecule has 3 amide bonds. The summed E-state index contributed by atoms with van der Waals surface area (Å²) in [6.45, 7) is 3.34. The van der Waals surface area contributed by atoms with Crippen LogP contribution in [0.2, 0.25) is 5.02 Å². The average Bonchev–Trinajstić information content (AvgIpc) is 3.21. The molecule has 0 bridgehead atoms. The zero-order valence-electron chi connectivity index (χ0n) is 19.2. The third-order valence-corrected chi connectivity index (χ3v) is 7.21. The van der Waals surface area contributed by atoms with Crippen molar-refractivity contribution in [3.8, 4) is 5.75 Å². The number of benzene rings is 2. The van der Waals surface area contributed by atoms with Gasteiger partial charge in [0.15, 0.2) is 0 Å². The summed E-state index contributed by atoms with van der Waals surface area (Å²) in [4.78, 5) is 33.8. The Balaban J connectivity index is 1.49. The fourth-order valence-corrected chi connectivity index (χ4v) is 5.48. The minimum Gasteiger partial charge on any atom is -0.495 e. The second-order valence-corrected chi connectivity index (χ2v) is 9.48. The molecule has 5 rings (SSSR count). The van der Waals surface area contributed by atoms with Gasteiger partial charge in [0.2, 0.25) is 0 Å². The average molecular weight is 488 g/mol. The number of nitrogens with zero attached hydrogens (tertiary/aromatic N) is 4. The van der Waals surface area contributed by atoms with E-state index in [1.54, 1.807) is 20.2 Å². The van der Waals surface area contributed by atoms with E-state index in [0.29, 0.717) is 6.54 Å². The fourth-order valence-electron chi connectivity index (χ4n) is 5.26. The third-order valence-electron chi connectivity index (χ3n) is 6.86. The number of amides is 3. The summed E-state index contributed by atoms with van der Waals surface area (Å²) in [5.41, 5.74) is 1.04. The lowest BCUT2D eigenvalue weighted by atomic mass is 10.0. The van der Waals surface area contributed by atoms with Crippen molar-refractivity contribution in [3.63, 3.8) is 0 Å². The van der Waals surface area contributed by atoms with Gasteiger partial charge in [-0.05, 0) is 30.2 Å². The first-order valence-corrected chi connectivity index (χ1v) is 11.6. The fraction of sp³-hybridized carbons (Fsp3) is 0.417. The molecule has 4 unspecified atom stereocenters. The van der Waals surface area contributed by atoms with Gasteiger partial charge in [-0.15, -0.1) is 0 Å². The molecule has 2 aromatic rings. The predicted molar refractivity (Wildman–Crippen MR) is 126 cm³/mol.